The molecule has 2 aromatic rings. The number of aromatic nitrogens is 4. The van der Waals surface area contributed by atoms with Crippen molar-refractivity contribution in [3.63, 3.8) is 0 Å². The van der Waals surface area contributed by atoms with Crippen molar-refractivity contribution in [2.75, 3.05) is 0 Å². The molecular formula is C13H17N5O3. The first-order chi connectivity index (χ1) is 9.90. The molecule has 1 unspecified atom stereocenters. The van der Waals surface area contributed by atoms with Gasteiger partial charge in [-0.05, 0) is 19.9 Å². The Kier molecular flexibility index (Phi) is 4.06. The van der Waals surface area contributed by atoms with E-state index < -0.39 is 5.97 Å². The molecule has 0 aromatic carbocycles. The third-order valence-corrected chi connectivity index (χ3v) is 3.32. The number of aliphatic carboxylic acids is 1. The molecule has 0 bridgehead atoms. The highest BCUT2D eigenvalue weighted by atomic mass is 16.4. The highest BCUT2D eigenvalue weighted by molar-refractivity contribution is 5.93. The summed E-state index contributed by atoms with van der Waals surface area (Å²) in [6, 6.07) is 1.25. The molecule has 0 saturated carbocycles. The molecule has 2 aromatic heterocycles. The van der Waals surface area contributed by atoms with E-state index in [9.17, 15) is 9.59 Å². The lowest BCUT2D eigenvalue weighted by Gasteiger charge is -2.14. The van der Waals surface area contributed by atoms with Crippen LogP contribution < -0.4 is 5.32 Å². The molecule has 21 heavy (non-hydrogen) atoms. The molecule has 0 fully saturated rings. The average molecular weight is 291 g/mol. The largest absolute Gasteiger partial charge is 0.480 e. The van der Waals surface area contributed by atoms with E-state index in [1.807, 2.05) is 20.9 Å². The van der Waals surface area contributed by atoms with Crippen LogP contribution in [0.5, 0.6) is 0 Å². The van der Waals surface area contributed by atoms with Crippen molar-refractivity contribution < 1.29 is 14.7 Å². The number of carbonyl (C=O) groups excluding carboxylic acids is 1. The molecule has 0 radical (unpaired) electrons. The number of hydrogen-bond acceptors (Lipinski definition) is 4. The fourth-order valence-corrected chi connectivity index (χ4v) is 2.07. The van der Waals surface area contributed by atoms with Crippen LogP contribution in [0.4, 0.5) is 0 Å². The Morgan fingerprint density at radius 2 is 2.14 bits per heavy atom. The summed E-state index contributed by atoms with van der Waals surface area (Å²) >= 11 is 0. The molecule has 0 aliphatic rings. The zero-order chi connectivity index (χ0) is 15.6. The van der Waals surface area contributed by atoms with E-state index in [1.165, 1.54) is 12.3 Å². The molecule has 0 spiro atoms. The standard InChI is InChI=1S/C13H17N5O3/c1-8(10-6-15-17(3)9(10)2)16-13(21)11-4-5-14-18(11)7-12(19)20/h4-6,8H,7H2,1-3H3,(H,16,21)(H,19,20). The fourth-order valence-electron chi connectivity index (χ4n) is 2.07. The Bertz CT molecular complexity index is 673. The van der Waals surface area contributed by atoms with Crippen molar-refractivity contribution in [2.45, 2.75) is 26.4 Å². The quantitative estimate of drug-likeness (QED) is 0.835. The summed E-state index contributed by atoms with van der Waals surface area (Å²) < 4.78 is 2.88. The van der Waals surface area contributed by atoms with Gasteiger partial charge in [-0.3, -0.25) is 14.3 Å². The monoisotopic (exact) mass is 291 g/mol. The number of hydrogen-bond donors (Lipinski definition) is 2. The Morgan fingerprint density at radius 3 is 2.71 bits per heavy atom. The summed E-state index contributed by atoms with van der Waals surface area (Å²) in [6.45, 7) is 3.41. The van der Waals surface area contributed by atoms with E-state index in [0.717, 1.165) is 15.9 Å². The maximum Gasteiger partial charge on any atom is 0.325 e. The normalized spacial score (nSPS) is 12.1. The molecule has 2 N–H and O–H groups in total. The smallest absolute Gasteiger partial charge is 0.325 e. The van der Waals surface area contributed by atoms with E-state index in [-0.39, 0.29) is 24.2 Å². The van der Waals surface area contributed by atoms with Gasteiger partial charge in [0.2, 0.25) is 0 Å². The second-order valence-corrected chi connectivity index (χ2v) is 4.77. The van der Waals surface area contributed by atoms with Crippen molar-refractivity contribution in [2.24, 2.45) is 7.05 Å². The zero-order valence-corrected chi connectivity index (χ0v) is 12.1. The molecule has 0 aliphatic heterocycles. The Balaban J connectivity index is 2.13. The van der Waals surface area contributed by atoms with Crippen molar-refractivity contribution in [3.05, 3.63) is 35.4 Å². The number of aryl methyl sites for hydroxylation is 1. The summed E-state index contributed by atoms with van der Waals surface area (Å²) in [5.41, 5.74) is 2.09. The number of nitrogens with zero attached hydrogens (tertiary/aromatic N) is 4. The molecule has 1 atom stereocenters. The topological polar surface area (TPSA) is 102 Å². The third kappa shape index (κ3) is 3.10. The summed E-state index contributed by atoms with van der Waals surface area (Å²) in [7, 11) is 1.83. The Labute approximate surface area is 121 Å². The number of nitrogens with one attached hydrogen (secondary N) is 1. The van der Waals surface area contributed by atoms with E-state index in [2.05, 4.69) is 15.5 Å². The fraction of sp³-hybridized carbons (Fsp3) is 0.385. The van der Waals surface area contributed by atoms with Gasteiger partial charge < -0.3 is 10.4 Å². The molecule has 2 rings (SSSR count). The van der Waals surface area contributed by atoms with E-state index in [1.54, 1.807) is 10.9 Å². The number of amides is 1. The molecule has 8 nitrogen and oxygen atoms in total. The maximum absolute atomic E-state index is 12.2. The minimum atomic E-state index is -1.05. The van der Waals surface area contributed by atoms with Crippen LogP contribution in [-0.4, -0.2) is 36.5 Å². The van der Waals surface area contributed by atoms with Crippen molar-refractivity contribution in [1.82, 2.24) is 24.9 Å². The number of carbonyl (C=O) groups is 2. The van der Waals surface area contributed by atoms with Crippen LogP contribution in [0.3, 0.4) is 0 Å². The average Bonchev–Trinajstić information content (AvgIpc) is 2.97. The SMILES string of the molecule is Cc1c(C(C)NC(=O)c2ccnn2CC(=O)O)cnn1C. The van der Waals surface area contributed by atoms with Crippen molar-refractivity contribution in [3.8, 4) is 0 Å². The van der Waals surface area contributed by atoms with Gasteiger partial charge in [0.05, 0.1) is 12.2 Å². The van der Waals surface area contributed by atoms with Crippen LogP contribution in [0, 0.1) is 6.92 Å². The van der Waals surface area contributed by atoms with Gasteiger partial charge >= 0.3 is 5.97 Å². The summed E-state index contributed by atoms with van der Waals surface area (Å²) in [5, 5.41) is 19.6. The van der Waals surface area contributed by atoms with Gasteiger partial charge in [-0.2, -0.15) is 10.2 Å². The van der Waals surface area contributed by atoms with Crippen LogP contribution in [0.25, 0.3) is 0 Å². The lowest BCUT2D eigenvalue weighted by molar-refractivity contribution is -0.137. The summed E-state index contributed by atoms with van der Waals surface area (Å²) in [5.74, 6) is -1.42. The second kappa shape index (κ2) is 5.78. The van der Waals surface area contributed by atoms with E-state index in [0.29, 0.717) is 0 Å². The van der Waals surface area contributed by atoms with Gasteiger partial charge in [0.25, 0.3) is 5.91 Å². The van der Waals surface area contributed by atoms with Crippen molar-refractivity contribution >= 4 is 11.9 Å². The molecule has 8 heteroatoms. The van der Waals surface area contributed by atoms with Crippen LogP contribution in [0.15, 0.2) is 18.5 Å². The Morgan fingerprint density at radius 1 is 1.43 bits per heavy atom. The molecule has 0 aliphatic carbocycles. The predicted molar refractivity (Wildman–Crippen MR) is 73.7 cm³/mol. The van der Waals surface area contributed by atoms with Gasteiger partial charge in [-0.25, -0.2) is 4.68 Å². The van der Waals surface area contributed by atoms with E-state index >= 15 is 0 Å². The second-order valence-electron chi connectivity index (χ2n) is 4.77. The summed E-state index contributed by atoms with van der Waals surface area (Å²) in [6.07, 6.45) is 3.10. The lowest BCUT2D eigenvalue weighted by Crippen LogP contribution is -2.30. The first-order valence-electron chi connectivity index (χ1n) is 6.43. The van der Waals surface area contributed by atoms with E-state index in [4.69, 9.17) is 5.11 Å². The van der Waals surface area contributed by atoms with Gasteiger partial charge in [0, 0.05) is 24.5 Å². The van der Waals surface area contributed by atoms with Gasteiger partial charge in [0.15, 0.2) is 0 Å². The third-order valence-electron chi connectivity index (χ3n) is 3.32. The highest BCUT2D eigenvalue weighted by Gasteiger charge is 2.18. The predicted octanol–water partition coefficient (Wildman–Crippen LogP) is 0.501. The van der Waals surface area contributed by atoms with Gasteiger partial charge in [0.1, 0.15) is 12.2 Å². The van der Waals surface area contributed by atoms with Crippen LogP contribution >= 0.6 is 0 Å². The lowest BCUT2D eigenvalue weighted by atomic mass is 10.1. The number of rotatable bonds is 5. The molecule has 112 valence electrons. The summed E-state index contributed by atoms with van der Waals surface area (Å²) in [4.78, 5) is 22.9. The molecular weight excluding hydrogens is 274 g/mol. The van der Waals surface area contributed by atoms with Gasteiger partial charge in [-0.15, -0.1) is 0 Å². The van der Waals surface area contributed by atoms with Crippen LogP contribution in [0.1, 0.15) is 34.7 Å². The number of carboxylic acid groups (broad SMARTS) is 1. The zero-order valence-electron chi connectivity index (χ0n) is 12.1. The molecule has 1 amide bonds. The minimum Gasteiger partial charge on any atom is -0.480 e. The first kappa shape index (κ1) is 14.8. The number of carboxylic acids is 1. The van der Waals surface area contributed by atoms with Gasteiger partial charge in [-0.1, -0.05) is 0 Å². The minimum absolute atomic E-state index is 0.214. The maximum atomic E-state index is 12.2. The van der Waals surface area contributed by atoms with Crippen LogP contribution in [-0.2, 0) is 18.4 Å². The molecule has 0 saturated heterocycles. The molecule has 2 heterocycles. The highest BCUT2D eigenvalue weighted by Crippen LogP contribution is 2.16. The van der Waals surface area contributed by atoms with Crippen LogP contribution in [0.2, 0.25) is 0 Å². The van der Waals surface area contributed by atoms with Crippen molar-refractivity contribution in [1.29, 1.82) is 0 Å². The Hall–Kier alpha value is -2.64. The first-order valence-corrected chi connectivity index (χ1v) is 6.43.